The minimum Gasteiger partial charge on any atom is -0.347 e. The van der Waals surface area contributed by atoms with E-state index in [1.54, 1.807) is 6.07 Å². The number of thioether (sulfide) groups is 1. The van der Waals surface area contributed by atoms with Crippen LogP contribution in [-0.4, -0.2) is 16.6 Å². The van der Waals surface area contributed by atoms with Crippen LogP contribution in [0.3, 0.4) is 0 Å². The molecule has 1 nitrogen and oxygen atoms in total. The number of benzene rings is 1. The summed E-state index contributed by atoms with van der Waals surface area (Å²) in [4.78, 5) is 0. The normalized spacial score (nSPS) is 11.2. The number of rotatable bonds is 4. The third-order valence-corrected chi connectivity index (χ3v) is 3.78. The lowest BCUT2D eigenvalue weighted by atomic mass is 10.2. The Hall–Kier alpha value is -0.310. The highest BCUT2D eigenvalue weighted by atomic mass is 35.5. The molecule has 0 atom stereocenters. The predicted octanol–water partition coefficient (Wildman–Crippen LogP) is 4.70. The second kappa shape index (κ2) is 5.35. The SMILES string of the molecule is CSCCCn1ccc2c(Cl)cc(Cl)cc21. The van der Waals surface area contributed by atoms with Crippen LogP contribution in [-0.2, 0) is 6.54 Å². The summed E-state index contributed by atoms with van der Waals surface area (Å²) in [6, 6.07) is 5.81. The maximum absolute atomic E-state index is 6.14. The van der Waals surface area contributed by atoms with Gasteiger partial charge in [0.25, 0.3) is 0 Å². The molecule has 1 aromatic heterocycles. The molecule has 0 unspecified atom stereocenters. The van der Waals surface area contributed by atoms with E-state index in [0.29, 0.717) is 5.02 Å². The fraction of sp³-hybridized carbons (Fsp3) is 0.333. The van der Waals surface area contributed by atoms with E-state index in [4.69, 9.17) is 23.2 Å². The largest absolute Gasteiger partial charge is 0.347 e. The molecule has 0 N–H and O–H groups in total. The van der Waals surface area contributed by atoms with Gasteiger partial charge in [0.15, 0.2) is 0 Å². The first-order chi connectivity index (χ1) is 7.72. The molecule has 0 aliphatic carbocycles. The van der Waals surface area contributed by atoms with Crippen LogP contribution < -0.4 is 0 Å². The van der Waals surface area contributed by atoms with Gasteiger partial charge in [0.1, 0.15) is 0 Å². The summed E-state index contributed by atoms with van der Waals surface area (Å²) in [7, 11) is 0. The lowest BCUT2D eigenvalue weighted by molar-refractivity contribution is 0.709. The molecule has 0 radical (unpaired) electrons. The molecular formula is C12H13Cl2NS. The van der Waals surface area contributed by atoms with E-state index in [2.05, 4.69) is 17.0 Å². The molecule has 0 aliphatic heterocycles. The van der Waals surface area contributed by atoms with Crippen molar-refractivity contribution >= 4 is 45.9 Å². The highest BCUT2D eigenvalue weighted by molar-refractivity contribution is 7.98. The highest BCUT2D eigenvalue weighted by Crippen LogP contribution is 2.28. The monoisotopic (exact) mass is 273 g/mol. The standard InChI is InChI=1S/C12H13Cl2NS/c1-16-6-2-4-15-5-3-10-11(14)7-9(13)8-12(10)15/h3,5,7-8H,2,4,6H2,1H3. The van der Waals surface area contributed by atoms with Gasteiger partial charge in [-0.2, -0.15) is 11.8 Å². The number of hydrogen-bond donors (Lipinski definition) is 0. The van der Waals surface area contributed by atoms with Crippen LogP contribution in [0.4, 0.5) is 0 Å². The highest BCUT2D eigenvalue weighted by Gasteiger charge is 2.05. The fourth-order valence-corrected chi connectivity index (χ4v) is 2.76. The third-order valence-electron chi connectivity index (χ3n) is 2.55. The molecule has 1 aromatic carbocycles. The van der Waals surface area contributed by atoms with E-state index < -0.39 is 0 Å². The van der Waals surface area contributed by atoms with Crippen molar-refractivity contribution in [3.05, 3.63) is 34.4 Å². The van der Waals surface area contributed by atoms with Crippen LogP contribution >= 0.6 is 35.0 Å². The van der Waals surface area contributed by atoms with Crippen molar-refractivity contribution < 1.29 is 0 Å². The van der Waals surface area contributed by atoms with Crippen molar-refractivity contribution in [2.24, 2.45) is 0 Å². The van der Waals surface area contributed by atoms with Gasteiger partial charge in [-0.25, -0.2) is 0 Å². The number of hydrogen-bond acceptors (Lipinski definition) is 1. The zero-order valence-corrected chi connectivity index (χ0v) is 11.4. The Balaban J connectivity index is 2.32. The van der Waals surface area contributed by atoms with Gasteiger partial charge in [-0.3, -0.25) is 0 Å². The topological polar surface area (TPSA) is 4.93 Å². The van der Waals surface area contributed by atoms with Crippen molar-refractivity contribution in [3.8, 4) is 0 Å². The summed E-state index contributed by atoms with van der Waals surface area (Å²) < 4.78 is 2.21. The zero-order chi connectivity index (χ0) is 11.5. The molecule has 1 heterocycles. The number of fused-ring (bicyclic) bond motifs is 1. The Morgan fingerprint density at radius 3 is 2.88 bits per heavy atom. The maximum atomic E-state index is 6.14. The summed E-state index contributed by atoms with van der Waals surface area (Å²) in [5.41, 5.74) is 1.12. The Morgan fingerprint density at radius 2 is 2.12 bits per heavy atom. The summed E-state index contributed by atoms with van der Waals surface area (Å²) >= 11 is 14.0. The Morgan fingerprint density at radius 1 is 1.31 bits per heavy atom. The molecule has 86 valence electrons. The fourth-order valence-electron chi connectivity index (χ4n) is 1.79. The van der Waals surface area contributed by atoms with Gasteiger partial charge >= 0.3 is 0 Å². The van der Waals surface area contributed by atoms with Gasteiger partial charge < -0.3 is 4.57 Å². The predicted molar refractivity (Wildman–Crippen MR) is 75.0 cm³/mol. The molecule has 4 heteroatoms. The second-order valence-electron chi connectivity index (χ2n) is 3.68. The molecule has 0 amide bonds. The lowest BCUT2D eigenvalue weighted by Crippen LogP contribution is -1.97. The average Bonchev–Trinajstić information content (AvgIpc) is 2.62. The van der Waals surface area contributed by atoms with Crippen molar-refractivity contribution in [2.75, 3.05) is 12.0 Å². The van der Waals surface area contributed by atoms with Gasteiger partial charge in [0.2, 0.25) is 0 Å². The molecule has 16 heavy (non-hydrogen) atoms. The van der Waals surface area contributed by atoms with E-state index >= 15 is 0 Å². The summed E-state index contributed by atoms with van der Waals surface area (Å²) in [5.74, 6) is 1.17. The summed E-state index contributed by atoms with van der Waals surface area (Å²) in [6.07, 6.45) is 5.36. The molecule has 0 fully saturated rings. The number of aromatic nitrogens is 1. The van der Waals surface area contributed by atoms with E-state index in [1.807, 2.05) is 23.9 Å². The van der Waals surface area contributed by atoms with Crippen molar-refractivity contribution in [3.63, 3.8) is 0 Å². The van der Waals surface area contributed by atoms with E-state index in [1.165, 1.54) is 5.75 Å². The Bertz CT molecular complexity index is 493. The van der Waals surface area contributed by atoms with Crippen molar-refractivity contribution in [1.82, 2.24) is 4.57 Å². The molecule has 0 saturated heterocycles. The van der Waals surface area contributed by atoms with Gasteiger partial charge in [-0.1, -0.05) is 23.2 Å². The first kappa shape index (κ1) is 12.2. The van der Waals surface area contributed by atoms with Crippen LogP contribution in [0.5, 0.6) is 0 Å². The minimum absolute atomic E-state index is 0.697. The van der Waals surface area contributed by atoms with Gasteiger partial charge in [0, 0.05) is 23.2 Å². The van der Waals surface area contributed by atoms with Crippen LogP contribution in [0.15, 0.2) is 24.4 Å². The number of aryl methyl sites for hydroxylation is 1. The second-order valence-corrected chi connectivity index (χ2v) is 5.51. The number of nitrogens with zero attached hydrogens (tertiary/aromatic N) is 1. The lowest BCUT2D eigenvalue weighted by Gasteiger charge is -2.05. The molecule has 0 aliphatic rings. The van der Waals surface area contributed by atoms with E-state index in [9.17, 15) is 0 Å². The minimum atomic E-state index is 0.697. The van der Waals surface area contributed by atoms with Crippen LogP contribution in [0, 0.1) is 0 Å². The third kappa shape index (κ3) is 2.50. The van der Waals surface area contributed by atoms with Crippen LogP contribution in [0.2, 0.25) is 10.0 Å². The first-order valence-electron chi connectivity index (χ1n) is 5.15. The maximum Gasteiger partial charge on any atom is 0.0514 e. The Labute approximate surface area is 110 Å². The van der Waals surface area contributed by atoms with Crippen molar-refractivity contribution in [1.29, 1.82) is 0 Å². The van der Waals surface area contributed by atoms with E-state index in [0.717, 1.165) is 28.9 Å². The average molecular weight is 274 g/mol. The molecular weight excluding hydrogens is 261 g/mol. The van der Waals surface area contributed by atoms with E-state index in [-0.39, 0.29) is 0 Å². The molecule has 0 saturated carbocycles. The quantitative estimate of drug-likeness (QED) is 0.731. The zero-order valence-electron chi connectivity index (χ0n) is 9.04. The molecule has 0 bridgehead atoms. The van der Waals surface area contributed by atoms with Gasteiger partial charge in [-0.15, -0.1) is 0 Å². The molecule has 2 aromatic rings. The van der Waals surface area contributed by atoms with Crippen molar-refractivity contribution in [2.45, 2.75) is 13.0 Å². The van der Waals surface area contributed by atoms with Crippen LogP contribution in [0.25, 0.3) is 10.9 Å². The molecule has 2 rings (SSSR count). The summed E-state index contributed by atoms with van der Waals surface area (Å²) in [5, 5.41) is 2.50. The number of halogens is 2. The smallest absolute Gasteiger partial charge is 0.0514 e. The first-order valence-corrected chi connectivity index (χ1v) is 7.30. The molecule has 0 spiro atoms. The van der Waals surface area contributed by atoms with Crippen LogP contribution in [0.1, 0.15) is 6.42 Å². The van der Waals surface area contributed by atoms with Gasteiger partial charge in [0.05, 0.1) is 10.5 Å². The van der Waals surface area contributed by atoms with Gasteiger partial charge in [-0.05, 0) is 36.6 Å². The Kier molecular flexibility index (Phi) is 4.06. The summed E-state index contributed by atoms with van der Waals surface area (Å²) in [6.45, 7) is 1.01.